The summed E-state index contributed by atoms with van der Waals surface area (Å²) in [6.45, 7) is 3.15. The molecule has 1 unspecified atom stereocenters. The van der Waals surface area contributed by atoms with Crippen LogP contribution in [0.2, 0.25) is 0 Å². The number of likely N-dealkylation sites (tertiary alicyclic amines) is 1. The van der Waals surface area contributed by atoms with Crippen molar-refractivity contribution in [1.82, 2.24) is 4.90 Å². The lowest BCUT2D eigenvalue weighted by Gasteiger charge is -2.15. The minimum Gasteiger partial charge on any atom is -0.397 e. The number of nitrogen functional groups attached to an aromatic ring is 1. The number of amides is 1. The van der Waals surface area contributed by atoms with Gasteiger partial charge in [-0.1, -0.05) is 12.1 Å². The van der Waals surface area contributed by atoms with E-state index in [0.717, 1.165) is 32.5 Å². The normalized spacial score (nSPS) is 19.1. The summed E-state index contributed by atoms with van der Waals surface area (Å²) < 4.78 is 0. The quantitative estimate of drug-likeness (QED) is 0.685. The number of aliphatic hydroxyl groups is 1. The Balaban J connectivity index is 1.67. The zero-order valence-electron chi connectivity index (χ0n) is 11.7. The Morgan fingerprint density at radius 1 is 1.45 bits per heavy atom. The molecule has 1 aliphatic rings. The Kier molecular flexibility index (Phi) is 5.38. The largest absolute Gasteiger partial charge is 0.397 e. The van der Waals surface area contributed by atoms with E-state index >= 15 is 0 Å². The molecule has 20 heavy (non-hydrogen) atoms. The number of hydrogen-bond acceptors (Lipinski definition) is 4. The number of anilines is 2. The average Bonchev–Trinajstić information content (AvgIpc) is 2.89. The molecule has 0 aliphatic carbocycles. The number of rotatable bonds is 6. The summed E-state index contributed by atoms with van der Waals surface area (Å²) >= 11 is 0. The van der Waals surface area contributed by atoms with Crippen molar-refractivity contribution in [3.8, 4) is 0 Å². The van der Waals surface area contributed by atoms with Crippen molar-refractivity contribution < 1.29 is 9.90 Å². The number of para-hydroxylation sites is 2. The van der Waals surface area contributed by atoms with Gasteiger partial charge in [0.25, 0.3) is 0 Å². The highest BCUT2D eigenvalue weighted by Crippen LogP contribution is 2.18. The first-order chi connectivity index (χ1) is 9.69. The van der Waals surface area contributed by atoms with Crippen LogP contribution in [0, 0.1) is 5.92 Å². The molecule has 1 aromatic rings. The van der Waals surface area contributed by atoms with Gasteiger partial charge in [-0.2, -0.15) is 0 Å². The molecule has 5 nitrogen and oxygen atoms in total. The van der Waals surface area contributed by atoms with Gasteiger partial charge in [-0.3, -0.25) is 4.79 Å². The summed E-state index contributed by atoms with van der Waals surface area (Å²) in [7, 11) is 0. The maximum absolute atomic E-state index is 11.8. The number of aliphatic hydroxyl groups excluding tert-OH is 1. The second kappa shape index (κ2) is 7.26. The van der Waals surface area contributed by atoms with Crippen LogP contribution in [0.5, 0.6) is 0 Å². The SMILES string of the molecule is Nc1ccccc1NC(=O)CCCN1CCC(CO)C1. The highest BCUT2D eigenvalue weighted by Gasteiger charge is 2.21. The smallest absolute Gasteiger partial charge is 0.224 e. The van der Waals surface area contributed by atoms with Crippen molar-refractivity contribution in [2.24, 2.45) is 5.92 Å². The topological polar surface area (TPSA) is 78.6 Å². The summed E-state index contributed by atoms with van der Waals surface area (Å²) in [5.41, 5.74) is 7.05. The monoisotopic (exact) mass is 277 g/mol. The fourth-order valence-corrected chi connectivity index (χ4v) is 2.55. The number of benzene rings is 1. The predicted octanol–water partition coefficient (Wildman–Crippen LogP) is 1.30. The van der Waals surface area contributed by atoms with E-state index in [1.54, 1.807) is 12.1 Å². The molecule has 5 heteroatoms. The molecule has 0 bridgehead atoms. The summed E-state index contributed by atoms with van der Waals surface area (Å²) in [6.07, 6.45) is 2.38. The van der Waals surface area contributed by atoms with Gasteiger partial charge in [0.15, 0.2) is 0 Å². The lowest BCUT2D eigenvalue weighted by Crippen LogP contribution is -2.24. The van der Waals surface area contributed by atoms with Crippen molar-refractivity contribution in [2.75, 3.05) is 37.3 Å². The maximum atomic E-state index is 11.8. The molecule has 1 amide bonds. The van der Waals surface area contributed by atoms with Crippen LogP contribution < -0.4 is 11.1 Å². The van der Waals surface area contributed by atoms with Crippen molar-refractivity contribution in [2.45, 2.75) is 19.3 Å². The van der Waals surface area contributed by atoms with Gasteiger partial charge in [-0.25, -0.2) is 0 Å². The van der Waals surface area contributed by atoms with Gasteiger partial charge in [-0.15, -0.1) is 0 Å². The molecule has 4 N–H and O–H groups in total. The molecular formula is C15H23N3O2. The van der Waals surface area contributed by atoms with Crippen molar-refractivity contribution in [3.63, 3.8) is 0 Å². The van der Waals surface area contributed by atoms with Gasteiger partial charge in [-0.05, 0) is 44.0 Å². The minimum absolute atomic E-state index is 0.000745. The average molecular weight is 277 g/mol. The zero-order valence-corrected chi connectivity index (χ0v) is 11.7. The number of hydrogen-bond donors (Lipinski definition) is 3. The van der Waals surface area contributed by atoms with Crippen molar-refractivity contribution in [3.05, 3.63) is 24.3 Å². The van der Waals surface area contributed by atoms with Crippen LogP contribution >= 0.6 is 0 Å². The Morgan fingerprint density at radius 2 is 2.25 bits per heavy atom. The van der Waals surface area contributed by atoms with Gasteiger partial charge in [0, 0.05) is 19.6 Å². The summed E-state index contributed by atoms with van der Waals surface area (Å²) in [5, 5.41) is 11.9. The van der Waals surface area contributed by atoms with E-state index in [0.29, 0.717) is 23.7 Å². The van der Waals surface area contributed by atoms with Crippen LogP contribution in [0.4, 0.5) is 11.4 Å². The molecule has 2 rings (SSSR count). The van der Waals surface area contributed by atoms with E-state index in [1.807, 2.05) is 12.1 Å². The Labute approximate surface area is 119 Å². The number of nitrogens with zero attached hydrogens (tertiary/aromatic N) is 1. The van der Waals surface area contributed by atoms with Crippen molar-refractivity contribution >= 4 is 17.3 Å². The molecule has 110 valence electrons. The number of carbonyl (C=O) groups is 1. The molecule has 1 atom stereocenters. The molecule has 0 saturated carbocycles. The second-order valence-electron chi connectivity index (χ2n) is 5.38. The fourth-order valence-electron chi connectivity index (χ4n) is 2.55. The molecule has 1 heterocycles. The van der Waals surface area contributed by atoms with E-state index in [-0.39, 0.29) is 12.5 Å². The molecule has 0 aromatic heterocycles. The zero-order chi connectivity index (χ0) is 14.4. The molecule has 1 saturated heterocycles. The van der Waals surface area contributed by atoms with Crippen LogP contribution in [-0.4, -0.2) is 42.2 Å². The van der Waals surface area contributed by atoms with E-state index in [4.69, 9.17) is 10.8 Å². The molecule has 0 spiro atoms. The standard InChI is InChI=1S/C15H23N3O2/c16-13-4-1-2-5-14(13)17-15(20)6-3-8-18-9-7-12(10-18)11-19/h1-2,4-5,12,19H,3,6-11,16H2,(H,17,20). The third-order valence-corrected chi connectivity index (χ3v) is 3.74. The van der Waals surface area contributed by atoms with E-state index < -0.39 is 0 Å². The molecule has 1 aromatic carbocycles. The van der Waals surface area contributed by atoms with Crippen LogP contribution in [0.15, 0.2) is 24.3 Å². The Morgan fingerprint density at radius 3 is 2.95 bits per heavy atom. The lowest BCUT2D eigenvalue weighted by molar-refractivity contribution is -0.116. The summed E-state index contributed by atoms with van der Waals surface area (Å²) in [5.74, 6) is 0.411. The summed E-state index contributed by atoms with van der Waals surface area (Å²) in [6, 6.07) is 7.27. The van der Waals surface area contributed by atoms with Crippen LogP contribution in [-0.2, 0) is 4.79 Å². The Bertz CT molecular complexity index is 450. The first-order valence-electron chi connectivity index (χ1n) is 7.16. The number of carbonyl (C=O) groups excluding carboxylic acids is 1. The van der Waals surface area contributed by atoms with E-state index in [2.05, 4.69) is 10.2 Å². The highest BCUT2D eigenvalue weighted by molar-refractivity contribution is 5.93. The van der Waals surface area contributed by atoms with Gasteiger partial charge < -0.3 is 21.1 Å². The van der Waals surface area contributed by atoms with Gasteiger partial charge in [0.2, 0.25) is 5.91 Å². The van der Waals surface area contributed by atoms with Gasteiger partial charge in [0.05, 0.1) is 11.4 Å². The maximum Gasteiger partial charge on any atom is 0.224 e. The van der Waals surface area contributed by atoms with Crippen molar-refractivity contribution in [1.29, 1.82) is 0 Å². The number of nitrogens with one attached hydrogen (secondary N) is 1. The molecule has 1 aliphatic heterocycles. The number of nitrogens with two attached hydrogens (primary N) is 1. The molecule has 1 fully saturated rings. The molecular weight excluding hydrogens is 254 g/mol. The first kappa shape index (κ1) is 14.8. The first-order valence-corrected chi connectivity index (χ1v) is 7.16. The summed E-state index contributed by atoms with van der Waals surface area (Å²) in [4.78, 5) is 14.1. The Hall–Kier alpha value is -1.59. The minimum atomic E-state index is 0.000745. The fraction of sp³-hybridized carbons (Fsp3) is 0.533. The lowest BCUT2D eigenvalue weighted by atomic mass is 10.1. The third-order valence-electron chi connectivity index (χ3n) is 3.74. The van der Waals surface area contributed by atoms with Crippen LogP contribution in [0.3, 0.4) is 0 Å². The van der Waals surface area contributed by atoms with Crippen LogP contribution in [0.1, 0.15) is 19.3 Å². The third kappa shape index (κ3) is 4.21. The van der Waals surface area contributed by atoms with E-state index in [9.17, 15) is 4.79 Å². The highest BCUT2D eigenvalue weighted by atomic mass is 16.3. The van der Waals surface area contributed by atoms with Gasteiger partial charge >= 0.3 is 0 Å². The molecule has 0 radical (unpaired) electrons. The second-order valence-corrected chi connectivity index (χ2v) is 5.38. The van der Waals surface area contributed by atoms with Crippen LogP contribution in [0.25, 0.3) is 0 Å². The van der Waals surface area contributed by atoms with E-state index in [1.165, 1.54) is 0 Å². The predicted molar refractivity (Wildman–Crippen MR) is 80.4 cm³/mol. The van der Waals surface area contributed by atoms with Gasteiger partial charge in [0.1, 0.15) is 0 Å².